The van der Waals surface area contributed by atoms with Crippen molar-refractivity contribution >= 4 is 23.8 Å². The molecule has 1 rings (SSSR count). The highest BCUT2D eigenvalue weighted by molar-refractivity contribution is 5.98. The van der Waals surface area contributed by atoms with E-state index in [0.29, 0.717) is 0 Å². The molecule has 0 aliphatic heterocycles. The highest BCUT2D eigenvalue weighted by Gasteiger charge is 2.21. The van der Waals surface area contributed by atoms with E-state index in [1.807, 2.05) is 0 Å². The Morgan fingerprint density at radius 1 is 1.09 bits per heavy atom. The Morgan fingerprint density at radius 3 is 2.13 bits per heavy atom. The molecule has 0 saturated carbocycles. The number of hydrogen-bond acceptors (Lipinski definition) is 5. The van der Waals surface area contributed by atoms with Crippen molar-refractivity contribution in [1.82, 2.24) is 5.32 Å². The predicted octanol–water partition coefficient (Wildman–Crippen LogP) is 0.911. The van der Waals surface area contributed by atoms with Gasteiger partial charge in [-0.3, -0.25) is 9.59 Å². The number of rotatable bonds is 8. The predicted molar refractivity (Wildman–Crippen MR) is 78.2 cm³/mol. The third-order valence-corrected chi connectivity index (χ3v) is 2.91. The van der Waals surface area contributed by atoms with Crippen LogP contribution in [0.15, 0.2) is 24.3 Å². The molecule has 1 aromatic carbocycles. The van der Waals surface area contributed by atoms with Crippen molar-refractivity contribution in [3.05, 3.63) is 35.4 Å². The van der Waals surface area contributed by atoms with Crippen LogP contribution in [-0.2, 0) is 14.3 Å². The van der Waals surface area contributed by atoms with Crippen LogP contribution in [0.4, 0.5) is 0 Å². The van der Waals surface area contributed by atoms with Crippen molar-refractivity contribution < 1.29 is 34.1 Å². The number of carbonyl (C=O) groups is 4. The summed E-state index contributed by atoms with van der Waals surface area (Å²) in [5.74, 6) is -3.66. The quantitative estimate of drug-likeness (QED) is 0.606. The van der Waals surface area contributed by atoms with Crippen molar-refractivity contribution in [3.8, 4) is 0 Å². The molecule has 0 saturated heterocycles. The first kappa shape index (κ1) is 18.1. The van der Waals surface area contributed by atoms with E-state index < -0.39 is 29.9 Å². The molecule has 3 N–H and O–H groups in total. The standard InChI is InChI=1S/C15H17NO7/c1-2-23-15(22)10-5-3-9(4-6-10)13(19)16-11(14(20)21)7-8-12(17)18/h3-6,11H,2,7-8H2,1H3,(H,16,19)(H,17,18)(H,20,21)/t11-/m0/s1. The maximum atomic E-state index is 12.0. The first-order valence-electron chi connectivity index (χ1n) is 6.87. The second-order valence-corrected chi connectivity index (χ2v) is 4.59. The molecule has 0 aliphatic carbocycles. The van der Waals surface area contributed by atoms with Gasteiger partial charge in [-0.15, -0.1) is 0 Å². The largest absolute Gasteiger partial charge is 0.481 e. The zero-order valence-corrected chi connectivity index (χ0v) is 12.4. The Balaban J connectivity index is 2.73. The fourth-order valence-electron chi connectivity index (χ4n) is 1.74. The molecule has 0 bridgehead atoms. The van der Waals surface area contributed by atoms with Gasteiger partial charge in [0.1, 0.15) is 6.04 Å². The molecule has 0 heterocycles. The summed E-state index contributed by atoms with van der Waals surface area (Å²) in [5.41, 5.74) is 0.420. The lowest BCUT2D eigenvalue weighted by molar-refractivity contribution is -0.140. The minimum Gasteiger partial charge on any atom is -0.481 e. The molecule has 0 aliphatic rings. The molecular formula is C15H17NO7. The van der Waals surface area contributed by atoms with Gasteiger partial charge in [-0.2, -0.15) is 0 Å². The molecule has 1 amide bonds. The average molecular weight is 323 g/mol. The number of aliphatic carboxylic acids is 2. The zero-order valence-electron chi connectivity index (χ0n) is 12.4. The summed E-state index contributed by atoms with van der Waals surface area (Å²) >= 11 is 0. The van der Waals surface area contributed by atoms with E-state index in [1.54, 1.807) is 6.92 Å². The zero-order chi connectivity index (χ0) is 17.4. The summed E-state index contributed by atoms with van der Waals surface area (Å²) in [7, 11) is 0. The van der Waals surface area contributed by atoms with Gasteiger partial charge in [0, 0.05) is 12.0 Å². The maximum absolute atomic E-state index is 12.0. The van der Waals surface area contributed by atoms with Gasteiger partial charge in [-0.25, -0.2) is 9.59 Å². The summed E-state index contributed by atoms with van der Waals surface area (Å²) in [6.45, 7) is 1.90. The number of carbonyl (C=O) groups excluding carboxylic acids is 2. The Kier molecular flexibility index (Phi) is 6.72. The molecule has 0 radical (unpaired) electrons. The second kappa shape index (κ2) is 8.52. The summed E-state index contributed by atoms with van der Waals surface area (Å²) in [6.07, 6.45) is -0.601. The van der Waals surface area contributed by atoms with Crippen molar-refractivity contribution in [2.75, 3.05) is 6.61 Å². The fourth-order valence-corrected chi connectivity index (χ4v) is 1.74. The Morgan fingerprint density at radius 2 is 1.65 bits per heavy atom. The van der Waals surface area contributed by atoms with Gasteiger partial charge in [0.2, 0.25) is 0 Å². The third kappa shape index (κ3) is 5.77. The number of esters is 1. The van der Waals surface area contributed by atoms with Gasteiger partial charge in [-0.1, -0.05) is 0 Å². The number of hydrogen-bond donors (Lipinski definition) is 3. The smallest absolute Gasteiger partial charge is 0.338 e. The summed E-state index contributed by atoms with van der Waals surface area (Å²) < 4.78 is 4.81. The molecule has 23 heavy (non-hydrogen) atoms. The van der Waals surface area contributed by atoms with E-state index in [1.165, 1.54) is 24.3 Å². The number of nitrogens with one attached hydrogen (secondary N) is 1. The topological polar surface area (TPSA) is 130 Å². The van der Waals surface area contributed by atoms with Gasteiger partial charge in [-0.05, 0) is 37.6 Å². The Bertz CT molecular complexity index is 594. The lowest BCUT2D eigenvalue weighted by Crippen LogP contribution is -2.41. The van der Waals surface area contributed by atoms with E-state index in [4.69, 9.17) is 14.9 Å². The molecule has 124 valence electrons. The van der Waals surface area contributed by atoms with Crippen LogP contribution in [0, 0.1) is 0 Å². The van der Waals surface area contributed by atoms with Crippen LogP contribution in [0.1, 0.15) is 40.5 Å². The molecule has 0 aromatic heterocycles. The molecule has 1 aromatic rings. The number of carboxylic acid groups (broad SMARTS) is 2. The van der Waals surface area contributed by atoms with Gasteiger partial charge >= 0.3 is 17.9 Å². The van der Waals surface area contributed by atoms with E-state index in [9.17, 15) is 19.2 Å². The number of benzene rings is 1. The Labute approximate surface area is 132 Å². The fraction of sp³-hybridized carbons (Fsp3) is 0.333. The van der Waals surface area contributed by atoms with Gasteiger partial charge in [0.25, 0.3) is 5.91 Å². The molecule has 8 heteroatoms. The monoisotopic (exact) mass is 323 g/mol. The molecule has 0 unspecified atom stereocenters. The summed E-state index contributed by atoms with van der Waals surface area (Å²) in [4.78, 5) is 45.0. The molecular weight excluding hydrogens is 306 g/mol. The van der Waals surface area contributed by atoms with Crippen molar-refractivity contribution in [3.63, 3.8) is 0 Å². The first-order chi connectivity index (χ1) is 10.8. The average Bonchev–Trinajstić information content (AvgIpc) is 2.51. The van der Waals surface area contributed by atoms with Crippen LogP contribution in [-0.4, -0.2) is 46.7 Å². The van der Waals surface area contributed by atoms with E-state index in [2.05, 4.69) is 5.32 Å². The molecule has 8 nitrogen and oxygen atoms in total. The lowest BCUT2D eigenvalue weighted by atomic mass is 10.1. The van der Waals surface area contributed by atoms with Gasteiger partial charge in [0.15, 0.2) is 0 Å². The normalized spacial score (nSPS) is 11.3. The highest BCUT2D eigenvalue weighted by atomic mass is 16.5. The minimum absolute atomic E-state index is 0.152. The minimum atomic E-state index is -1.32. The lowest BCUT2D eigenvalue weighted by Gasteiger charge is -2.13. The van der Waals surface area contributed by atoms with Crippen molar-refractivity contribution in [2.45, 2.75) is 25.8 Å². The van der Waals surface area contributed by atoms with Crippen molar-refractivity contribution in [2.24, 2.45) is 0 Å². The van der Waals surface area contributed by atoms with E-state index >= 15 is 0 Å². The molecule has 0 spiro atoms. The SMILES string of the molecule is CCOC(=O)c1ccc(C(=O)N[C@@H](CCC(=O)O)C(=O)O)cc1. The van der Waals surface area contributed by atoms with Crippen LogP contribution < -0.4 is 5.32 Å². The molecule has 1 atom stereocenters. The van der Waals surface area contributed by atoms with Crippen LogP contribution in [0.2, 0.25) is 0 Å². The van der Waals surface area contributed by atoms with E-state index in [0.717, 1.165) is 0 Å². The number of carboxylic acids is 2. The summed E-state index contributed by atoms with van der Waals surface area (Å²) in [5, 5.41) is 19.8. The van der Waals surface area contributed by atoms with Crippen LogP contribution in [0.3, 0.4) is 0 Å². The number of amides is 1. The van der Waals surface area contributed by atoms with Gasteiger partial charge in [0.05, 0.1) is 12.2 Å². The van der Waals surface area contributed by atoms with Crippen LogP contribution in [0.25, 0.3) is 0 Å². The molecule has 0 fully saturated rings. The van der Waals surface area contributed by atoms with Crippen LogP contribution in [0.5, 0.6) is 0 Å². The third-order valence-electron chi connectivity index (χ3n) is 2.91. The number of ether oxygens (including phenoxy) is 1. The second-order valence-electron chi connectivity index (χ2n) is 4.59. The van der Waals surface area contributed by atoms with Crippen LogP contribution >= 0.6 is 0 Å². The van der Waals surface area contributed by atoms with Crippen molar-refractivity contribution in [1.29, 1.82) is 0 Å². The van der Waals surface area contributed by atoms with E-state index in [-0.39, 0.29) is 30.6 Å². The first-order valence-corrected chi connectivity index (χ1v) is 6.87. The van der Waals surface area contributed by atoms with Gasteiger partial charge < -0.3 is 20.3 Å². The summed E-state index contributed by atoms with van der Waals surface area (Å²) in [6, 6.07) is 4.19. The maximum Gasteiger partial charge on any atom is 0.338 e. The highest BCUT2D eigenvalue weighted by Crippen LogP contribution is 2.07. The Hall–Kier alpha value is -2.90.